The van der Waals surface area contributed by atoms with Crippen LogP contribution in [-0.2, 0) is 11.3 Å². The van der Waals surface area contributed by atoms with Crippen LogP contribution in [0, 0.1) is 11.3 Å². The summed E-state index contributed by atoms with van der Waals surface area (Å²) in [6, 6.07) is 18.1. The van der Waals surface area contributed by atoms with Gasteiger partial charge in [-0.15, -0.1) is 0 Å². The predicted molar refractivity (Wildman–Crippen MR) is 133 cm³/mol. The number of methoxy groups -OCH3 is 1. The van der Waals surface area contributed by atoms with Crippen LogP contribution < -0.4 is 15.6 Å². The monoisotopic (exact) mass is 515 g/mol. The molecular formula is C27H28F3N3O4. The molecule has 37 heavy (non-hydrogen) atoms. The Morgan fingerprint density at radius 1 is 1.14 bits per heavy atom. The number of rotatable bonds is 6. The van der Waals surface area contributed by atoms with Crippen molar-refractivity contribution in [1.82, 2.24) is 9.88 Å². The summed E-state index contributed by atoms with van der Waals surface area (Å²) in [4.78, 5) is 22.2. The van der Waals surface area contributed by atoms with E-state index in [1.54, 1.807) is 23.8 Å². The first-order valence-corrected chi connectivity index (χ1v) is 11.9. The average molecular weight is 516 g/mol. The maximum Gasteiger partial charge on any atom is 0.490 e. The van der Waals surface area contributed by atoms with Crippen molar-refractivity contribution in [3.63, 3.8) is 0 Å². The molecule has 4 rings (SSSR count). The summed E-state index contributed by atoms with van der Waals surface area (Å²) in [5.41, 5.74) is 1.97. The third kappa shape index (κ3) is 6.89. The minimum atomic E-state index is -5.08. The largest absolute Gasteiger partial charge is 0.497 e. The molecule has 1 fully saturated rings. The summed E-state index contributed by atoms with van der Waals surface area (Å²) < 4.78 is 38.8. The summed E-state index contributed by atoms with van der Waals surface area (Å²) in [6.45, 7) is 1.15. The molecule has 0 unspecified atom stereocenters. The standard InChI is InChI=1S/C25H27N3O2.C2HF3O2/c1-30-20-12-13-21-22(16-20)24(18-8-4-2-5-9-18)23(17-26)28(25(21)29)15-14-27-19-10-6-3-7-11-19;3-2(4,5)1(6)7/h2,4-5,8-9,12-13,16,19,27H,3,6-7,10-11,14-15H2,1H3;(H,6,7). The van der Waals surface area contributed by atoms with Crippen molar-refractivity contribution >= 4 is 16.7 Å². The molecule has 196 valence electrons. The lowest BCUT2D eigenvalue weighted by Gasteiger charge is -2.23. The molecule has 0 aliphatic heterocycles. The second kappa shape index (κ2) is 12.4. The van der Waals surface area contributed by atoms with Crippen molar-refractivity contribution < 1.29 is 27.8 Å². The van der Waals surface area contributed by atoms with E-state index in [-0.39, 0.29) is 5.56 Å². The lowest BCUT2D eigenvalue weighted by Crippen LogP contribution is -2.36. The van der Waals surface area contributed by atoms with Crippen LogP contribution in [0.4, 0.5) is 13.2 Å². The maximum absolute atomic E-state index is 13.3. The van der Waals surface area contributed by atoms with E-state index in [2.05, 4.69) is 11.4 Å². The van der Waals surface area contributed by atoms with Crippen molar-refractivity contribution in [2.24, 2.45) is 0 Å². The summed E-state index contributed by atoms with van der Waals surface area (Å²) in [6.07, 6.45) is 1.12. The highest BCUT2D eigenvalue weighted by molar-refractivity contribution is 5.99. The first-order chi connectivity index (χ1) is 17.7. The van der Waals surface area contributed by atoms with Crippen LogP contribution in [0.1, 0.15) is 37.8 Å². The van der Waals surface area contributed by atoms with Gasteiger partial charge in [-0.05, 0) is 36.6 Å². The summed E-state index contributed by atoms with van der Waals surface area (Å²) in [7, 11) is 1.60. The Morgan fingerprint density at radius 3 is 2.35 bits per heavy atom. The molecule has 2 aromatic carbocycles. The molecule has 0 saturated heterocycles. The van der Waals surface area contributed by atoms with Crippen molar-refractivity contribution in [2.75, 3.05) is 13.7 Å². The second-order valence-electron chi connectivity index (χ2n) is 8.66. The zero-order chi connectivity index (χ0) is 27.0. The number of aliphatic carboxylic acids is 1. The van der Waals surface area contributed by atoms with Gasteiger partial charge in [0, 0.05) is 35.5 Å². The van der Waals surface area contributed by atoms with Crippen molar-refractivity contribution in [3.05, 3.63) is 64.6 Å². The van der Waals surface area contributed by atoms with E-state index < -0.39 is 12.1 Å². The number of hydrogen-bond donors (Lipinski definition) is 2. The molecule has 1 aliphatic carbocycles. The Labute approximate surface area is 212 Å². The zero-order valence-corrected chi connectivity index (χ0v) is 20.3. The number of pyridine rings is 1. The van der Waals surface area contributed by atoms with Crippen molar-refractivity contribution in [2.45, 2.75) is 50.9 Å². The molecule has 10 heteroatoms. The van der Waals surface area contributed by atoms with Crippen LogP contribution in [0.3, 0.4) is 0 Å². The van der Waals surface area contributed by atoms with Gasteiger partial charge in [-0.1, -0.05) is 49.6 Å². The number of nitriles is 1. The van der Waals surface area contributed by atoms with Gasteiger partial charge >= 0.3 is 12.1 Å². The van der Waals surface area contributed by atoms with Gasteiger partial charge in [0.25, 0.3) is 5.56 Å². The molecule has 3 aromatic rings. The average Bonchev–Trinajstić information content (AvgIpc) is 2.90. The van der Waals surface area contributed by atoms with Gasteiger partial charge in [0.15, 0.2) is 0 Å². The van der Waals surface area contributed by atoms with Crippen molar-refractivity contribution in [3.8, 4) is 22.9 Å². The third-order valence-corrected chi connectivity index (χ3v) is 6.26. The van der Waals surface area contributed by atoms with E-state index in [0.29, 0.717) is 36.0 Å². The Morgan fingerprint density at radius 2 is 1.78 bits per heavy atom. The number of alkyl halides is 3. The predicted octanol–water partition coefficient (Wildman–Crippen LogP) is 5.10. The molecule has 2 N–H and O–H groups in total. The molecule has 1 heterocycles. The normalized spacial score (nSPS) is 13.9. The molecule has 0 radical (unpaired) electrons. The van der Waals surface area contributed by atoms with Gasteiger partial charge in [0.2, 0.25) is 0 Å². The van der Waals surface area contributed by atoms with Crippen LogP contribution in [0.5, 0.6) is 5.75 Å². The van der Waals surface area contributed by atoms with E-state index in [1.165, 1.54) is 32.1 Å². The highest BCUT2D eigenvalue weighted by atomic mass is 19.4. The lowest BCUT2D eigenvalue weighted by molar-refractivity contribution is -0.192. The number of ether oxygens (including phenoxy) is 1. The number of carbonyl (C=O) groups is 1. The Hall–Kier alpha value is -3.84. The topological polar surface area (TPSA) is 104 Å². The molecule has 0 amide bonds. The molecular weight excluding hydrogens is 487 g/mol. The lowest BCUT2D eigenvalue weighted by atomic mass is 9.95. The number of hydrogen-bond acceptors (Lipinski definition) is 5. The second-order valence-corrected chi connectivity index (χ2v) is 8.66. The zero-order valence-electron chi connectivity index (χ0n) is 20.3. The maximum atomic E-state index is 13.3. The van der Waals surface area contributed by atoms with E-state index in [9.17, 15) is 23.2 Å². The molecule has 0 bridgehead atoms. The minimum absolute atomic E-state index is 0.130. The smallest absolute Gasteiger partial charge is 0.490 e. The fourth-order valence-corrected chi connectivity index (χ4v) is 4.47. The molecule has 1 saturated carbocycles. The highest BCUT2D eigenvalue weighted by Crippen LogP contribution is 2.32. The molecule has 7 nitrogen and oxygen atoms in total. The number of nitrogens with zero attached hydrogens (tertiary/aromatic N) is 2. The van der Waals surface area contributed by atoms with Crippen LogP contribution in [0.2, 0.25) is 0 Å². The van der Waals surface area contributed by atoms with Crippen LogP contribution in [0.15, 0.2) is 53.3 Å². The number of fused-ring (bicyclic) bond motifs is 1. The van der Waals surface area contributed by atoms with Gasteiger partial charge in [0.05, 0.1) is 7.11 Å². The van der Waals surface area contributed by atoms with Crippen LogP contribution in [0.25, 0.3) is 21.9 Å². The number of carboxylic acid groups (broad SMARTS) is 1. The fourth-order valence-electron chi connectivity index (χ4n) is 4.47. The molecule has 1 aromatic heterocycles. The first kappa shape index (κ1) is 27.7. The summed E-state index contributed by atoms with van der Waals surface area (Å²) >= 11 is 0. The summed E-state index contributed by atoms with van der Waals surface area (Å²) in [5.74, 6) is -2.09. The summed E-state index contributed by atoms with van der Waals surface area (Å²) in [5, 5.41) is 22.1. The number of nitrogens with one attached hydrogen (secondary N) is 1. The van der Waals surface area contributed by atoms with Gasteiger partial charge in [-0.3, -0.25) is 9.36 Å². The van der Waals surface area contributed by atoms with Gasteiger partial charge in [-0.2, -0.15) is 18.4 Å². The van der Waals surface area contributed by atoms with Crippen LogP contribution >= 0.6 is 0 Å². The number of benzene rings is 2. The Bertz CT molecular complexity index is 1330. The minimum Gasteiger partial charge on any atom is -0.497 e. The van der Waals surface area contributed by atoms with E-state index in [1.807, 2.05) is 36.4 Å². The number of halogens is 3. The van der Waals surface area contributed by atoms with Gasteiger partial charge < -0.3 is 15.2 Å². The number of aromatic nitrogens is 1. The molecule has 0 atom stereocenters. The Kier molecular flexibility index (Phi) is 9.31. The molecule has 1 aliphatic rings. The SMILES string of the molecule is COc1ccc2c(=O)n(CCNC3CCCCC3)c(C#N)c(-c3ccccc3)c2c1.O=C(O)C(F)(F)F. The third-order valence-electron chi connectivity index (χ3n) is 6.26. The van der Waals surface area contributed by atoms with Crippen LogP contribution in [-0.4, -0.2) is 41.5 Å². The van der Waals surface area contributed by atoms with Gasteiger partial charge in [0.1, 0.15) is 17.5 Å². The van der Waals surface area contributed by atoms with E-state index in [4.69, 9.17) is 14.6 Å². The molecule has 0 spiro atoms. The fraction of sp³-hybridized carbons (Fsp3) is 0.370. The Balaban J connectivity index is 0.000000479. The number of carboxylic acids is 1. The van der Waals surface area contributed by atoms with Gasteiger partial charge in [-0.25, -0.2) is 4.79 Å². The van der Waals surface area contributed by atoms with Crippen molar-refractivity contribution in [1.29, 1.82) is 5.26 Å². The quantitative estimate of drug-likeness (QED) is 0.473. The highest BCUT2D eigenvalue weighted by Gasteiger charge is 2.38. The van der Waals surface area contributed by atoms with E-state index >= 15 is 0 Å². The first-order valence-electron chi connectivity index (χ1n) is 11.9. The van der Waals surface area contributed by atoms with E-state index in [0.717, 1.165) is 16.5 Å².